The number of hydrazone groups is 1. The van der Waals surface area contributed by atoms with Crippen LogP contribution in [-0.4, -0.2) is 21.6 Å². The van der Waals surface area contributed by atoms with Crippen LogP contribution in [0.2, 0.25) is 0 Å². The molecular formula is C29H31F2N5O. The van der Waals surface area contributed by atoms with Gasteiger partial charge in [0.05, 0.1) is 12.2 Å². The molecule has 4 N–H and O–H groups in total. The maximum absolute atomic E-state index is 14.3. The number of amides is 1. The number of hydrogen-bond acceptors (Lipinski definition) is 4. The highest BCUT2D eigenvalue weighted by atomic mass is 19.1. The minimum Gasteiger partial charge on any atom is -0.382 e. The quantitative estimate of drug-likeness (QED) is 0.180. The number of rotatable bonds is 9. The van der Waals surface area contributed by atoms with Crippen molar-refractivity contribution in [2.75, 3.05) is 0 Å². The topological polar surface area (TPSA) is 97.6 Å². The van der Waals surface area contributed by atoms with Crippen molar-refractivity contribution in [1.82, 2.24) is 9.88 Å². The van der Waals surface area contributed by atoms with Crippen LogP contribution in [0, 0.1) is 17.6 Å². The lowest BCUT2D eigenvalue weighted by Gasteiger charge is -2.33. The van der Waals surface area contributed by atoms with Gasteiger partial charge in [-0.2, -0.15) is 5.10 Å². The fourth-order valence-corrected chi connectivity index (χ4v) is 4.63. The minimum absolute atomic E-state index is 0.0173. The molecule has 1 amide bonds. The van der Waals surface area contributed by atoms with Crippen molar-refractivity contribution >= 4 is 11.7 Å². The number of carbonyl (C=O) groups is 1. The minimum atomic E-state index is -0.625. The molecule has 192 valence electrons. The van der Waals surface area contributed by atoms with Gasteiger partial charge >= 0.3 is 0 Å². The Kier molecular flexibility index (Phi) is 8.28. The number of pyridine rings is 1. The van der Waals surface area contributed by atoms with E-state index < -0.39 is 17.6 Å². The normalized spacial score (nSPS) is 16.1. The van der Waals surface area contributed by atoms with Crippen molar-refractivity contribution in [2.45, 2.75) is 45.6 Å². The van der Waals surface area contributed by atoms with Gasteiger partial charge in [-0.05, 0) is 49.4 Å². The average molecular weight is 504 g/mol. The van der Waals surface area contributed by atoms with Crippen molar-refractivity contribution in [3.8, 4) is 11.3 Å². The zero-order valence-electron chi connectivity index (χ0n) is 20.8. The summed E-state index contributed by atoms with van der Waals surface area (Å²) in [6.45, 7) is 2.42. The summed E-state index contributed by atoms with van der Waals surface area (Å²) in [6, 6.07) is 15.0. The summed E-state index contributed by atoms with van der Waals surface area (Å²) in [5, 5.41) is 3.60. The van der Waals surface area contributed by atoms with Gasteiger partial charge in [0.25, 0.3) is 0 Å². The first-order chi connectivity index (χ1) is 17.9. The van der Waals surface area contributed by atoms with E-state index in [0.717, 1.165) is 36.1 Å². The van der Waals surface area contributed by atoms with Gasteiger partial charge in [-0.15, -0.1) is 0 Å². The molecule has 1 unspecified atom stereocenters. The summed E-state index contributed by atoms with van der Waals surface area (Å²) in [5.74, 6) is 3.68. The first-order valence-corrected chi connectivity index (χ1v) is 12.4. The molecule has 0 saturated carbocycles. The van der Waals surface area contributed by atoms with E-state index in [1.54, 1.807) is 11.1 Å². The molecule has 0 fully saturated rings. The summed E-state index contributed by atoms with van der Waals surface area (Å²) in [5.41, 5.74) is 9.86. The summed E-state index contributed by atoms with van der Waals surface area (Å²) in [7, 11) is 0. The molecule has 0 spiro atoms. The number of hydrogen-bond donors (Lipinski definition) is 2. The Morgan fingerprint density at radius 1 is 1.11 bits per heavy atom. The van der Waals surface area contributed by atoms with E-state index in [4.69, 9.17) is 11.6 Å². The molecule has 0 aliphatic carbocycles. The Labute approximate surface area is 215 Å². The predicted molar refractivity (Wildman–Crippen MR) is 141 cm³/mol. The molecule has 0 radical (unpaired) electrons. The molecule has 1 aliphatic heterocycles. The van der Waals surface area contributed by atoms with Crippen LogP contribution < -0.4 is 11.6 Å². The van der Waals surface area contributed by atoms with Gasteiger partial charge in [-0.3, -0.25) is 9.78 Å². The van der Waals surface area contributed by atoms with Gasteiger partial charge in [-0.25, -0.2) is 8.78 Å². The van der Waals surface area contributed by atoms with E-state index in [1.807, 2.05) is 42.5 Å². The van der Waals surface area contributed by atoms with E-state index >= 15 is 0 Å². The highest BCUT2D eigenvalue weighted by molar-refractivity contribution is 6.02. The van der Waals surface area contributed by atoms with Crippen molar-refractivity contribution in [3.63, 3.8) is 0 Å². The van der Waals surface area contributed by atoms with Crippen LogP contribution in [0.25, 0.3) is 11.3 Å². The first-order valence-electron chi connectivity index (χ1n) is 12.4. The summed E-state index contributed by atoms with van der Waals surface area (Å²) < 4.78 is 28.6. The average Bonchev–Trinajstić information content (AvgIpc) is 2.92. The lowest BCUT2D eigenvalue weighted by Crippen LogP contribution is -2.39. The van der Waals surface area contributed by atoms with Gasteiger partial charge < -0.3 is 16.5 Å². The molecule has 1 atom stereocenters. The SMILES string of the molecule is CCCCC1=CCC(Cc2c(F)cccc2F)C(=O)N1Cc1ccc(-c2ccccc2/C(N)=N/N)nc1. The van der Waals surface area contributed by atoms with E-state index in [9.17, 15) is 13.6 Å². The molecule has 37 heavy (non-hydrogen) atoms. The van der Waals surface area contributed by atoms with Crippen molar-refractivity contribution in [3.05, 3.63) is 101 Å². The highest BCUT2D eigenvalue weighted by Crippen LogP contribution is 2.30. The molecule has 1 aliphatic rings. The van der Waals surface area contributed by atoms with E-state index in [2.05, 4.69) is 17.0 Å². The number of amidine groups is 1. The van der Waals surface area contributed by atoms with Crippen LogP contribution in [0.5, 0.6) is 0 Å². The van der Waals surface area contributed by atoms with Gasteiger partial charge in [0.2, 0.25) is 5.91 Å². The number of allylic oxidation sites excluding steroid dienone is 2. The van der Waals surface area contributed by atoms with Crippen LogP contribution in [0.4, 0.5) is 8.78 Å². The largest absolute Gasteiger partial charge is 0.382 e. The fourth-order valence-electron chi connectivity index (χ4n) is 4.63. The second-order valence-electron chi connectivity index (χ2n) is 9.17. The number of carbonyl (C=O) groups excluding carboxylic acids is 1. The molecular weight excluding hydrogens is 472 g/mol. The molecule has 3 aromatic rings. The Hall–Kier alpha value is -4.07. The third-order valence-electron chi connectivity index (χ3n) is 6.68. The number of halogens is 2. The van der Waals surface area contributed by atoms with E-state index in [1.165, 1.54) is 18.2 Å². The van der Waals surface area contributed by atoms with Crippen molar-refractivity contribution < 1.29 is 13.6 Å². The molecule has 4 rings (SSSR count). The molecule has 6 nitrogen and oxygen atoms in total. The smallest absolute Gasteiger partial charge is 0.230 e. The summed E-state index contributed by atoms with van der Waals surface area (Å²) >= 11 is 0. The third kappa shape index (κ3) is 5.85. The predicted octanol–water partition coefficient (Wildman–Crippen LogP) is 5.27. The molecule has 8 heteroatoms. The Morgan fingerprint density at radius 2 is 1.86 bits per heavy atom. The Morgan fingerprint density at radius 3 is 2.54 bits per heavy atom. The number of benzene rings is 2. The van der Waals surface area contributed by atoms with Gasteiger partial charge in [0.15, 0.2) is 5.84 Å². The first kappa shape index (κ1) is 26.0. The van der Waals surface area contributed by atoms with E-state index in [-0.39, 0.29) is 23.7 Å². The Balaban J connectivity index is 1.58. The fraction of sp³-hybridized carbons (Fsp3) is 0.276. The molecule has 0 saturated heterocycles. The molecule has 1 aromatic heterocycles. The van der Waals surface area contributed by atoms with Crippen LogP contribution in [0.15, 0.2) is 77.7 Å². The van der Waals surface area contributed by atoms with Crippen LogP contribution in [0.1, 0.15) is 49.3 Å². The molecule has 2 heterocycles. The van der Waals surface area contributed by atoms with E-state index in [0.29, 0.717) is 24.2 Å². The maximum atomic E-state index is 14.3. The van der Waals surface area contributed by atoms with Crippen molar-refractivity contribution in [2.24, 2.45) is 22.6 Å². The van der Waals surface area contributed by atoms with Gasteiger partial charge in [0, 0.05) is 34.5 Å². The van der Waals surface area contributed by atoms with Crippen LogP contribution in [0.3, 0.4) is 0 Å². The van der Waals surface area contributed by atoms with Gasteiger partial charge in [0.1, 0.15) is 11.6 Å². The second kappa shape index (κ2) is 11.8. The summed E-state index contributed by atoms with van der Waals surface area (Å²) in [4.78, 5) is 19.9. The standard InChI is InChI=1S/C29H31F2N5O/c1-2-3-7-21-14-13-20(16-24-25(30)10-6-11-26(24)31)29(37)36(21)18-19-12-15-27(34-17-19)22-8-4-5-9-23(22)28(32)35-33/h4-6,8-12,14-15,17,20H,2-3,7,13,16,18,33H2,1H3,(H2,32,35). The van der Waals surface area contributed by atoms with Crippen LogP contribution in [-0.2, 0) is 17.8 Å². The second-order valence-corrected chi connectivity index (χ2v) is 9.17. The zero-order valence-corrected chi connectivity index (χ0v) is 20.8. The maximum Gasteiger partial charge on any atom is 0.230 e. The lowest BCUT2D eigenvalue weighted by molar-refractivity contribution is -0.135. The monoisotopic (exact) mass is 503 g/mol. The van der Waals surface area contributed by atoms with Crippen molar-refractivity contribution in [1.29, 1.82) is 0 Å². The number of nitrogens with zero attached hydrogens (tertiary/aromatic N) is 3. The lowest BCUT2D eigenvalue weighted by atomic mass is 9.90. The molecule has 0 bridgehead atoms. The number of aromatic nitrogens is 1. The molecule has 2 aromatic carbocycles. The van der Waals surface area contributed by atoms with Crippen LogP contribution >= 0.6 is 0 Å². The highest BCUT2D eigenvalue weighted by Gasteiger charge is 2.31. The summed E-state index contributed by atoms with van der Waals surface area (Å²) in [6.07, 6.45) is 6.94. The number of unbranched alkanes of at least 4 members (excludes halogenated alkanes) is 1. The van der Waals surface area contributed by atoms with Gasteiger partial charge in [-0.1, -0.05) is 55.8 Å². The zero-order chi connectivity index (χ0) is 26.4. The number of nitrogens with two attached hydrogens (primary N) is 2. The third-order valence-corrected chi connectivity index (χ3v) is 6.68. The Bertz CT molecular complexity index is 1300.